The van der Waals surface area contributed by atoms with Crippen LogP contribution in [0.3, 0.4) is 0 Å². The molecule has 5 rings (SSSR count). The van der Waals surface area contributed by atoms with Crippen LogP contribution in [-0.4, -0.2) is 43.1 Å². The van der Waals surface area contributed by atoms with Crippen molar-refractivity contribution in [2.75, 3.05) is 19.6 Å². The second kappa shape index (κ2) is 7.04. The van der Waals surface area contributed by atoms with Gasteiger partial charge < -0.3 is 9.32 Å². The zero-order chi connectivity index (χ0) is 20.0. The normalized spacial score (nSPS) is 15.5. The molecule has 4 aromatic rings. The zero-order valence-electron chi connectivity index (χ0n) is 16.4. The molecule has 8 nitrogen and oxygen atoms in total. The van der Waals surface area contributed by atoms with Crippen molar-refractivity contribution in [2.24, 2.45) is 7.05 Å². The van der Waals surface area contributed by atoms with Crippen LogP contribution in [0.25, 0.3) is 28.3 Å². The first kappa shape index (κ1) is 17.9. The van der Waals surface area contributed by atoms with Gasteiger partial charge >= 0.3 is 11.5 Å². The van der Waals surface area contributed by atoms with Gasteiger partial charge in [0.05, 0.1) is 6.20 Å². The summed E-state index contributed by atoms with van der Waals surface area (Å²) in [6.07, 6.45) is 5.36. The van der Waals surface area contributed by atoms with Gasteiger partial charge in [-0.05, 0) is 25.9 Å². The van der Waals surface area contributed by atoms with Gasteiger partial charge in [-0.1, -0.05) is 36.8 Å². The van der Waals surface area contributed by atoms with Crippen LogP contribution in [-0.2, 0) is 13.6 Å². The number of aromatic nitrogens is 4. The second-order valence-corrected chi connectivity index (χ2v) is 7.60. The fourth-order valence-electron chi connectivity index (χ4n) is 4.11. The molecule has 0 radical (unpaired) electrons. The lowest BCUT2D eigenvalue weighted by atomic mass is 10.1. The first-order chi connectivity index (χ1) is 14.1. The Bertz CT molecular complexity index is 1290. The predicted octanol–water partition coefficient (Wildman–Crippen LogP) is 2.09. The first-order valence-corrected chi connectivity index (χ1v) is 10.0. The average Bonchev–Trinajstić information content (AvgIpc) is 3.32. The minimum atomic E-state index is -0.344. The molecule has 0 spiro atoms. The third-order valence-electron chi connectivity index (χ3n) is 5.74. The van der Waals surface area contributed by atoms with Crippen LogP contribution < -0.4 is 11.2 Å². The molecule has 1 fully saturated rings. The maximum Gasteiger partial charge on any atom is 0.332 e. The molecule has 8 heteroatoms. The molecule has 0 saturated carbocycles. The van der Waals surface area contributed by atoms with E-state index >= 15 is 0 Å². The van der Waals surface area contributed by atoms with E-state index < -0.39 is 0 Å². The smallest absolute Gasteiger partial charge is 0.332 e. The molecule has 29 heavy (non-hydrogen) atoms. The number of imidazole rings is 1. The number of aryl methyl sites for hydroxylation is 1. The van der Waals surface area contributed by atoms with Crippen molar-refractivity contribution in [1.29, 1.82) is 0 Å². The van der Waals surface area contributed by atoms with E-state index in [1.807, 2.05) is 30.3 Å². The summed E-state index contributed by atoms with van der Waals surface area (Å²) < 4.78 is 10.3. The van der Waals surface area contributed by atoms with E-state index in [1.165, 1.54) is 28.4 Å². The number of oxazole rings is 1. The lowest BCUT2D eigenvalue weighted by Crippen LogP contribution is -2.43. The monoisotopic (exact) mass is 393 g/mol. The summed E-state index contributed by atoms with van der Waals surface area (Å²) in [5.74, 6) is 0.933. The molecule has 0 N–H and O–H groups in total. The number of likely N-dealkylation sites (tertiary alicyclic amines) is 1. The third kappa shape index (κ3) is 3.00. The Balaban J connectivity index is 1.60. The molecule has 0 bridgehead atoms. The number of fused-ring (bicyclic) bond motifs is 3. The van der Waals surface area contributed by atoms with Crippen LogP contribution in [0.5, 0.6) is 0 Å². The Morgan fingerprint density at radius 3 is 2.55 bits per heavy atom. The highest BCUT2D eigenvalue weighted by molar-refractivity contribution is 5.76. The van der Waals surface area contributed by atoms with Gasteiger partial charge in [0.2, 0.25) is 0 Å². The molecule has 0 unspecified atom stereocenters. The van der Waals surface area contributed by atoms with Gasteiger partial charge in [-0.15, -0.1) is 0 Å². The molecule has 0 amide bonds. The van der Waals surface area contributed by atoms with E-state index in [1.54, 1.807) is 17.6 Å². The summed E-state index contributed by atoms with van der Waals surface area (Å²) in [5.41, 5.74) is 0.942. The van der Waals surface area contributed by atoms with Gasteiger partial charge in [0.15, 0.2) is 16.9 Å². The minimum Gasteiger partial charge on any atom is -0.423 e. The number of hydrogen-bond donors (Lipinski definition) is 0. The van der Waals surface area contributed by atoms with Gasteiger partial charge in [-0.3, -0.25) is 18.3 Å². The second-order valence-electron chi connectivity index (χ2n) is 7.60. The number of hydrogen-bond acceptors (Lipinski definition) is 5. The summed E-state index contributed by atoms with van der Waals surface area (Å²) >= 11 is 0. The standard InChI is InChI=1S/C21H23N5O3/c1-23-18-17(19(27)25(21(23)28)13-12-24-10-6-3-7-11-24)26-14-16(29-20(26)22-18)15-8-4-2-5-9-15/h2,4-5,8-9,14H,3,6-7,10-13H2,1H3. The maximum atomic E-state index is 13.2. The van der Waals surface area contributed by atoms with Crippen LogP contribution in [0.4, 0.5) is 0 Å². The van der Waals surface area contributed by atoms with Crippen LogP contribution in [0.15, 0.2) is 50.5 Å². The number of rotatable bonds is 4. The summed E-state index contributed by atoms with van der Waals surface area (Å²) in [4.78, 5) is 32.7. The molecule has 1 aliphatic rings. The van der Waals surface area contributed by atoms with Crippen LogP contribution in [0.1, 0.15) is 19.3 Å². The Kier molecular flexibility index (Phi) is 4.35. The lowest BCUT2D eigenvalue weighted by molar-refractivity contribution is 0.218. The topological polar surface area (TPSA) is 77.7 Å². The average molecular weight is 393 g/mol. The third-order valence-corrected chi connectivity index (χ3v) is 5.74. The first-order valence-electron chi connectivity index (χ1n) is 10.0. The molecule has 1 aromatic carbocycles. The van der Waals surface area contributed by atoms with Crippen molar-refractivity contribution in [3.8, 4) is 11.3 Å². The molecular weight excluding hydrogens is 370 g/mol. The van der Waals surface area contributed by atoms with Crippen LogP contribution >= 0.6 is 0 Å². The Morgan fingerprint density at radius 2 is 1.79 bits per heavy atom. The van der Waals surface area contributed by atoms with Crippen molar-refractivity contribution in [3.63, 3.8) is 0 Å². The van der Waals surface area contributed by atoms with Crippen molar-refractivity contribution in [2.45, 2.75) is 25.8 Å². The summed E-state index contributed by atoms with van der Waals surface area (Å²) in [7, 11) is 1.64. The van der Waals surface area contributed by atoms with Gasteiger partial charge in [-0.2, -0.15) is 4.98 Å². The van der Waals surface area contributed by atoms with E-state index in [0.29, 0.717) is 35.9 Å². The van der Waals surface area contributed by atoms with Crippen LogP contribution in [0, 0.1) is 0 Å². The SMILES string of the molecule is Cn1c(=O)n(CCN2CCCCC2)c(=O)c2c1nc1oc(-c3ccccc3)cn12. The minimum absolute atomic E-state index is 0.305. The largest absolute Gasteiger partial charge is 0.423 e. The summed E-state index contributed by atoms with van der Waals surface area (Å²) in [5, 5.41) is 0. The van der Waals surface area contributed by atoms with E-state index in [9.17, 15) is 9.59 Å². The molecule has 4 heterocycles. The van der Waals surface area contributed by atoms with Gasteiger partial charge in [-0.25, -0.2) is 4.79 Å². The Morgan fingerprint density at radius 1 is 1.03 bits per heavy atom. The van der Waals surface area contributed by atoms with Gasteiger partial charge in [0, 0.05) is 25.7 Å². The molecular formula is C21H23N5O3. The van der Waals surface area contributed by atoms with Crippen LogP contribution in [0.2, 0.25) is 0 Å². The maximum absolute atomic E-state index is 13.2. The van der Waals surface area contributed by atoms with Crippen molar-refractivity contribution >= 4 is 17.0 Å². The molecule has 1 saturated heterocycles. The van der Waals surface area contributed by atoms with Crippen molar-refractivity contribution < 1.29 is 4.42 Å². The highest BCUT2D eigenvalue weighted by atomic mass is 16.4. The van der Waals surface area contributed by atoms with E-state index in [-0.39, 0.29) is 11.2 Å². The molecule has 3 aromatic heterocycles. The number of piperidine rings is 1. The summed E-state index contributed by atoms with van der Waals surface area (Å²) in [6.45, 7) is 3.12. The van der Waals surface area contributed by atoms with E-state index in [4.69, 9.17) is 4.42 Å². The fraction of sp³-hybridized carbons (Fsp3) is 0.381. The lowest BCUT2D eigenvalue weighted by Gasteiger charge is -2.26. The number of benzene rings is 1. The van der Waals surface area contributed by atoms with Crippen molar-refractivity contribution in [3.05, 3.63) is 57.4 Å². The summed E-state index contributed by atoms with van der Waals surface area (Å²) in [6, 6.07) is 9.66. The fourth-order valence-corrected chi connectivity index (χ4v) is 4.11. The Hall–Kier alpha value is -3.13. The highest BCUT2D eigenvalue weighted by Gasteiger charge is 2.20. The quantitative estimate of drug-likeness (QED) is 0.531. The molecule has 1 aliphatic heterocycles. The predicted molar refractivity (Wildman–Crippen MR) is 110 cm³/mol. The Labute approximate surface area is 166 Å². The molecule has 0 atom stereocenters. The molecule has 0 aliphatic carbocycles. The van der Waals surface area contributed by atoms with Gasteiger partial charge in [0.25, 0.3) is 5.56 Å². The van der Waals surface area contributed by atoms with Crippen molar-refractivity contribution in [1.82, 2.24) is 23.4 Å². The van der Waals surface area contributed by atoms with Gasteiger partial charge in [0.1, 0.15) is 0 Å². The van der Waals surface area contributed by atoms with E-state index in [2.05, 4.69) is 9.88 Å². The zero-order valence-corrected chi connectivity index (χ0v) is 16.4. The molecule has 150 valence electrons. The highest BCUT2D eigenvalue weighted by Crippen LogP contribution is 2.24. The number of nitrogens with zero attached hydrogens (tertiary/aromatic N) is 5. The van der Waals surface area contributed by atoms with E-state index in [0.717, 1.165) is 18.7 Å².